The van der Waals surface area contributed by atoms with Crippen LogP contribution in [0, 0.1) is 6.92 Å². The van der Waals surface area contributed by atoms with Crippen LogP contribution in [-0.4, -0.2) is 9.97 Å². The first-order chi connectivity index (χ1) is 8.74. The number of anilines is 1. The van der Waals surface area contributed by atoms with E-state index >= 15 is 0 Å². The van der Waals surface area contributed by atoms with E-state index in [-0.39, 0.29) is 0 Å². The van der Waals surface area contributed by atoms with Crippen LogP contribution in [-0.2, 0) is 0 Å². The number of aromatic nitrogens is 2. The second-order valence-electron chi connectivity index (χ2n) is 4.14. The maximum atomic E-state index is 5.83. The molecule has 3 N–H and O–H groups in total. The molecule has 0 amide bonds. The van der Waals surface area contributed by atoms with E-state index < -0.39 is 0 Å². The normalized spacial score (nSPS) is 10.7. The number of H-pyrrole nitrogens is 1. The van der Waals surface area contributed by atoms with Crippen LogP contribution in [0.3, 0.4) is 0 Å². The number of thiazole rings is 1. The van der Waals surface area contributed by atoms with Gasteiger partial charge in [0.05, 0.1) is 16.3 Å². The minimum absolute atomic E-state index is 0.779. The van der Waals surface area contributed by atoms with Gasteiger partial charge in [-0.15, -0.1) is 11.3 Å². The maximum Gasteiger partial charge on any atom is 0.140 e. The molecule has 0 saturated carbocycles. The Labute approximate surface area is 109 Å². The lowest BCUT2D eigenvalue weighted by atomic mass is 10.1. The Kier molecular flexibility index (Phi) is 2.64. The third-order valence-corrected chi connectivity index (χ3v) is 4.01. The van der Waals surface area contributed by atoms with Crippen molar-refractivity contribution in [3.05, 3.63) is 48.3 Å². The van der Waals surface area contributed by atoms with Crippen molar-refractivity contribution >= 4 is 17.0 Å². The van der Waals surface area contributed by atoms with Gasteiger partial charge in [-0.2, -0.15) is 0 Å². The van der Waals surface area contributed by atoms with Crippen molar-refractivity contribution in [1.82, 2.24) is 9.97 Å². The van der Waals surface area contributed by atoms with Crippen molar-refractivity contribution in [1.29, 1.82) is 0 Å². The molecular formula is C14H13N3S. The van der Waals surface area contributed by atoms with Crippen molar-refractivity contribution in [3.8, 4) is 21.1 Å². The third-order valence-electron chi connectivity index (χ3n) is 2.77. The highest BCUT2D eigenvalue weighted by atomic mass is 32.1. The van der Waals surface area contributed by atoms with Gasteiger partial charge in [0, 0.05) is 11.9 Å². The molecule has 2 aromatic heterocycles. The van der Waals surface area contributed by atoms with Crippen molar-refractivity contribution in [2.45, 2.75) is 6.92 Å². The van der Waals surface area contributed by atoms with Crippen LogP contribution in [0.5, 0.6) is 0 Å². The van der Waals surface area contributed by atoms with Gasteiger partial charge in [-0.05, 0) is 36.8 Å². The lowest BCUT2D eigenvalue weighted by molar-refractivity contribution is 1.25. The van der Waals surface area contributed by atoms with E-state index in [9.17, 15) is 0 Å². The number of rotatable bonds is 2. The van der Waals surface area contributed by atoms with Crippen molar-refractivity contribution in [2.24, 2.45) is 0 Å². The van der Waals surface area contributed by atoms with Crippen molar-refractivity contribution in [3.63, 3.8) is 0 Å². The number of aryl methyl sites for hydroxylation is 1. The largest absolute Gasteiger partial charge is 0.399 e. The van der Waals surface area contributed by atoms with E-state index in [1.54, 1.807) is 11.3 Å². The highest BCUT2D eigenvalue weighted by Gasteiger charge is 2.11. The second kappa shape index (κ2) is 4.31. The molecule has 0 aliphatic rings. The zero-order chi connectivity index (χ0) is 12.5. The molecule has 3 nitrogen and oxygen atoms in total. The van der Waals surface area contributed by atoms with Gasteiger partial charge >= 0.3 is 0 Å². The quantitative estimate of drug-likeness (QED) is 0.686. The summed E-state index contributed by atoms with van der Waals surface area (Å²) < 4.78 is 0. The Morgan fingerprint density at radius 3 is 2.83 bits per heavy atom. The Morgan fingerprint density at radius 2 is 2.11 bits per heavy atom. The molecule has 1 aromatic carbocycles. The monoisotopic (exact) mass is 255 g/mol. The summed E-state index contributed by atoms with van der Waals surface area (Å²) >= 11 is 1.68. The Balaban J connectivity index is 2.09. The molecule has 0 bridgehead atoms. The molecule has 0 aliphatic heterocycles. The van der Waals surface area contributed by atoms with Gasteiger partial charge < -0.3 is 10.7 Å². The smallest absolute Gasteiger partial charge is 0.140 e. The van der Waals surface area contributed by atoms with Gasteiger partial charge in [0.25, 0.3) is 0 Å². The van der Waals surface area contributed by atoms with E-state index in [2.05, 4.69) is 16.0 Å². The average Bonchev–Trinajstić information content (AvgIpc) is 2.97. The highest BCUT2D eigenvalue weighted by Crippen LogP contribution is 2.34. The van der Waals surface area contributed by atoms with Gasteiger partial charge in [-0.1, -0.05) is 12.1 Å². The molecule has 0 spiro atoms. The first-order valence-electron chi connectivity index (χ1n) is 5.71. The molecule has 2 heterocycles. The van der Waals surface area contributed by atoms with Crippen LogP contribution in [0.4, 0.5) is 5.69 Å². The van der Waals surface area contributed by atoms with Crippen molar-refractivity contribution < 1.29 is 0 Å². The van der Waals surface area contributed by atoms with E-state index in [0.717, 1.165) is 27.6 Å². The molecule has 0 saturated heterocycles. The fourth-order valence-corrected chi connectivity index (χ4v) is 2.97. The molecule has 0 radical (unpaired) electrons. The Morgan fingerprint density at radius 1 is 1.22 bits per heavy atom. The molecule has 4 heteroatoms. The molecule has 0 unspecified atom stereocenters. The van der Waals surface area contributed by atoms with Crippen LogP contribution in [0.15, 0.2) is 42.6 Å². The molecular weight excluding hydrogens is 242 g/mol. The van der Waals surface area contributed by atoms with E-state index in [0.29, 0.717) is 0 Å². The number of hydrogen-bond acceptors (Lipinski definition) is 3. The van der Waals surface area contributed by atoms with Gasteiger partial charge in [-0.3, -0.25) is 0 Å². The third kappa shape index (κ3) is 1.91. The van der Waals surface area contributed by atoms with Gasteiger partial charge in [0.15, 0.2) is 0 Å². The minimum Gasteiger partial charge on any atom is -0.399 e. The predicted molar refractivity (Wildman–Crippen MR) is 76.5 cm³/mol. The molecule has 3 rings (SSSR count). The standard InChI is InChI=1S/C14H13N3S/c1-9-13(10-4-2-5-11(15)8-10)18-14(17-9)12-6-3-7-16-12/h2-8,16H,15H2,1H3. The van der Waals surface area contributed by atoms with Crippen LogP contribution in [0.25, 0.3) is 21.1 Å². The van der Waals surface area contributed by atoms with E-state index in [1.165, 1.54) is 4.88 Å². The van der Waals surface area contributed by atoms with Crippen LogP contribution in [0.1, 0.15) is 5.69 Å². The fraction of sp³-hybridized carbons (Fsp3) is 0.0714. The van der Waals surface area contributed by atoms with Gasteiger partial charge in [0.2, 0.25) is 0 Å². The first-order valence-corrected chi connectivity index (χ1v) is 6.53. The summed E-state index contributed by atoms with van der Waals surface area (Å²) in [6.07, 6.45) is 1.91. The zero-order valence-corrected chi connectivity index (χ0v) is 10.8. The topological polar surface area (TPSA) is 54.7 Å². The molecule has 18 heavy (non-hydrogen) atoms. The number of nitrogens with two attached hydrogens (primary N) is 1. The highest BCUT2D eigenvalue weighted by molar-refractivity contribution is 7.18. The summed E-state index contributed by atoms with van der Waals surface area (Å²) in [5, 5.41) is 1.01. The van der Waals surface area contributed by atoms with E-state index in [1.807, 2.05) is 43.5 Å². The Hall–Kier alpha value is -2.07. The number of nitrogens with one attached hydrogen (secondary N) is 1. The van der Waals surface area contributed by atoms with Crippen LogP contribution >= 0.6 is 11.3 Å². The number of nitrogens with zero attached hydrogens (tertiary/aromatic N) is 1. The predicted octanol–water partition coefficient (Wildman–Crippen LogP) is 3.70. The summed E-state index contributed by atoms with van der Waals surface area (Å²) in [4.78, 5) is 8.96. The molecule has 0 fully saturated rings. The molecule has 0 aliphatic carbocycles. The number of aromatic amines is 1. The molecule has 3 aromatic rings. The number of nitrogen functional groups attached to an aromatic ring is 1. The maximum absolute atomic E-state index is 5.83. The fourth-order valence-electron chi connectivity index (χ4n) is 1.92. The summed E-state index contributed by atoms with van der Waals surface area (Å²) in [5.41, 5.74) is 9.82. The zero-order valence-electron chi connectivity index (χ0n) is 9.97. The number of benzene rings is 1. The Bertz CT molecular complexity index is 668. The lowest BCUT2D eigenvalue weighted by Crippen LogP contribution is -1.84. The van der Waals surface area contributed by atoms with Crippen LogP contribution < -0.4 is 5.73 Å². The molecule has 90 valence electrons. The first kappa shape index (κ1) is 11.0. The average molecular weight is 255 g/mol. The van der Waals surface area contributed by atoms with Gasteiger partial charge in [-0.25, -0.2) is 4.98 Å². The number of hydrogen-bond donors (Lipinski definition) is 2. The summed E-state index contributed by atoms with van der Waals surface area (Å²) in [6.45, 7) is 2.03. The molecule has 0 atom stereocenters. The minimum atomic E-state index is 0.779. The summed E-state index contributed by atoms with van der Waals surface area (Å²) in [7, 11) is 0. The second-order valence-corrected chi connectivity index (χ2v) is 5.14. The van der Waals surface area contributed by atoms with E-state index in [4.69, 9.17) is 5.73 Å². The summed E-state index contributed by atoms with van der Waals surface area (Å²) in [5.74, 6) is 0. The van der Waals surface area contributed by atoms with Crippen LogP contribution in [0.2, 0.25) is 0 Å². The van der Waals surface area contributed by atoms with Crippen molar-refractivity contribution in [2.75, 3.05) is 5.73 Å². The summed E-state index contributed by atoms with van der Waals surface area (Å²) in [6, 6.07) is 11.9. The van der Waals surface area contributed by atoms with Gasteiger partial charge in [0.1, 0.15) is 5.01 Å². The SMILES string of the molecule is Cc1nc(-c2ccc[nH]2)sc1-c1cccc(N)c1. The lowest BCUT2D eigenvalue weighted by Gasteiger charge is -1.99.